The fourth-order valence-electron chi connectivity index (χ4n) is 8.70. The number of para-hydroxylation sites is 2. The second-order valence-corrected chi connectivity index (χ2v) is 15.8. The van der Waals surface area contributed by atoms with Crippen LogP contribution < -0.4 is 0 Å². The maximum Gasteiger partial charge on any atom is 0.135 e. The summed E-state index contributed by atoms with van der Waals surface area (Å²) in [7, 11) is 0. The summed E-state index contributed by atoms with van der Waals surface area (Å²) in [4.78, 5) is 5.43. The monoisotopic (exact) mass is 744 g/mol. The van der Waals surface area contributed by atoms with Crippen LogP contribution in [-0.4, -0.2) is 9.55 Å². The van der Waals surface area contributed by atoms with Crippen LogP contribution in [0.25, 0.3) is 114 Å². The van der Waals surface area contributed by atoms with Crippen molar-refractivity contribution < 1.29 is 4.42 Å². The van der Waals surface area contributed by atoms with E-state index in [-0.39, 0.29) is 0 Å². The van der Waals surface area contributed by atoms with E-state index in [1.165, 1.54) is 53.1 Å². The van der Waals surface area contributed by atoms with E-state index in [1.807, 2.05) is 23.5 Å². The first-order chi connectivity index (χ1) is 28.2. The van der Waals surface area contributed by atoms with E-state index < -0.39 is 0 Å². The van der Waals surface area contributed by atoms with Crippen molar-refractivity contribution in [3.63, 3.8) is 0 Å². The quantitative estimate of drug-likeness (QED) is 0.176. The Hall–Kier alpha value is -7.27. The highest BCUT2D eigenvalue weighted by atomic mass is 32.1. The minimum atomic E-state index is 0.874. The average Bonchev–Trinajstić information content (AvgIpc) is 3.96. The van der Waals surface area contributed by atoms with Gasteiger partial charge in [-0.05, 0) is 95.1 Å². The number of hydrogen-bond donors (Lipinski definition) is 0. The van der Waals surface area contributed by atoms with Gasteiger partial charge in [0.15, 0.2) is 0 Å². The molecule has 4 aromatic heterocycles. The second-order valence-electron chi connectivity index (χ2n) is 14.7. The van der Waals surface area contributed by atoms with E-state index in [2.05, 4.69) is 187 Å². The maximum absolute atomic E-state index is 6.21. The maximum atomic E-state index is 6.21. The van der Waals surface area contributed by atoms with Gasteiger partial charge >= 0.3 is 0 Å². The number of fused-ring (bicyclic) bond motifs is 10. The Kier molecular flexibility index (Phi) is 7.10. The number of aromatic nitrogens is 2. The average molecular weight is 745 g/mol. The molecule has 0 saturated carbocycles. The lowest BCUT2D eigenvalue weighted by molar-refractivity contribution is 0.669. The summed E-state index contributed by atoms with van der Waals surface area (Å²) in [5.74, 6) is 0. The van der Waals surface area contributed by atoms with E-state index >= 15 is 0 Å². The number of thiophene rings is 1. The number of benzene rings is 8. The van der Waals surface area contributed by atoms with Crippen molar-refractivity contribution in [2.75, 3.05) is 0 Å². The first-order valence-corrected chi connectivity index (χ1v) is 20.1. The Balaban J connectivity index is 1.06. The molecule has 3 nitrogen and oxygen atoms in total. The Morgan fingerprint density at radius 2 is 1.05 bits per heavy atom. The summed E-state index contributed by atoms with van der Waals surface area (Å²) in [5.41, 5.74) is 13.8. The van der Waals surface area contributed by atoms with Crippen molar-refractivity contribution >= 4 is 75.3 Å². The van der Waals surface area contributed by atoms with Gasteiger partial charge in [0.25, 0.3) is 0 Å². The number of rotatable bonds is 5. The van der Waals surface area contributed by atoms with Crippen LogP contribution in [0.1, 0.15) is 0 Å². The normalized spacial score (nSPS) is 11.9. The Bertz CT molecular complexity index is 3530. The molecule has 0 atom stereocenters. The summed E-state index contributed by atoms with van der Waals surface area (Å²) in [6.07, 6.45) is 0. The van der Waals surface area contributed by atoms with Crippen LogP contribution in [0.3, 0.4) is 0 Å². The molecule has 0 aliphatic heterocycles. The topological polar surface area (TPSA) is 31.0 Å². The molecule has 0 fully saturated rings. The van der Waals surface area contributed by atoms with Crippen molar-refractivity contribution in [3.05, 3.63) is 194 Å². The van der Waals surface area contributed by atoms with Gasteiger partial charge in [0.2, 0.25) is 0 Å². The van der Waals surface area contributed by atoms with Crippen LogP contribution in [-0.2, 0) is 0 Å². The third kappa shape index (κ3) is 5.15. The highest BCUT2D eigenvalue weighted by Gasteiger charge is 2.19. The molecule has 266 valence electrons. The minimum Gasteiger partial charge on any atom is -0.456 e. The van der Waals surface area contributed by atoms with Crippen molar-refractivity contribution in [2.45, 2.75) is 0 Å². The molecular weight excluding hydrogens is 713 g/mol. The Morgan fingerprint density at radius 3 is 1.93 bits per heavy atom. The van der Waals surface area contributed by atoms with Crippen LogP contribution in [0, 0.1) is 0 Å². The van der Waals surface area contributed by atoms with Crippen LogP contribution in [0.2, 0.25) is 0 Å². The fourth-order valence-corrected chi connectivity index (χ4v) is 9.96. The van der Waals surface area contributed by atoms with Gasteiger partial charge in [0, 0.05) is 58.5 Å². The molecule has 8 aromatic carbocycles. The Morgan fingerprint density at radius 1 is 0.386 bits per heavy atom. The van der Waals surface area contributed by atoms with Crippen LogP contribution in [0.4, 0.5) is 0 Å². The van der Waals surface area contributed by atoms with E-state index in [9.17, 15) is 0 Å². The molecule has 4 heteroatoms. The number of nitrogens with zero attached hydrogens (tertiary/aromatic N) is 2. The van der Waals surface area contributed by atoms with Gasteiger partial charge in [-0.15, -0.1) is 11.3 Å². The minimum absolute atomic E-state index is 0.874. The molecule has 4 heterocycles. The van der Waals surface area contributed by atoms with E-state index in [4.69, 9.17) is 9.40 Å². The van der Waals surface area contributed by atoms with Gasteiger partial charge in [-0.1, -0.05) is 121 Å². The van der Waals surface area contributed by atoms with E-state index in [1.54, 1.807) is 0 Å². The lowest BCUT2D eigenvalue weighted by atomic mass is 9.96. The highest BCUT2D eigenvalue weighted by Crippen LogP contribution is 2.44. The number of pyridine rings is 1. The van der Waals surface area contributed by atoms with Gasteiger partial charge in [-0.25, -0.2) is 4.98 Å². The van der Waals surface area contributed by atoms with Gasteiger partial charge in [0.05, 0.1) is 22.4 Å². The molecule has 0 unspecified atom stereocenters. The van der Waals surface area contributed by atoms with Gasteiger partial charge in [0.1, 0.15) is 11.2 Å². The SMILES string of the molecule is c1ccc(-c2cccc(-c3cc(-c4cccc(-n5c6ccccc6c6c7sc8ccccc8c7ccc65)c4)nc(-c4ccc5oc6ccccc6c5c4)c3)c2)cc1. The molecule has 0 aliphatic rings. The standard InChI is InChI=1S/C53H32N2OS/c1-2-12-33(13-3-1)34-14-10-15-35(28-34)38-31-45(54-46(32-38)37-24-27-50-44(30-37)40-18-5-8-22-49(40)56-50)36-16-11-17-39(29-36)55-47-21-7-4-20-43(47)52-48(55)26-25-42-41-19-6-9-23-51(41)57-53(42)52/h1-32H. The third-order valence-electron chi connectivity index (χ3n) is 11.4. The highest BCUT2D eigenvalue weighted by molar-refractivity contribution is 7.26. The fraction of sp³-hybridized carbons (Fsp3) is 0. The van der Waals surface area contributed by atoms with Gasteiger partial charge < -0.3 is 8.98 Å². The third-order valence-corrected chi connectivity index (χ3v) is 12.6. The summed E-state index contributed by atoms with van der Waals surface area (Å²) in [6.45, 7) is 0. The molecular formula is C53H32N2OS. The van der Waals surface area contributed by atoms with Crippen LogP contribution in [0.15, 0.2) is 199 Å². The van der Waals surface area contributed by atoms with Crippen molar-refractivity contribution in [2.24, 2.45) is 0 Å². The van der Waals surface area contributed by atoms with Gasteiger partial charge in [-0.2, -0.15) is 0 Å². The summed E-state index contributed by atoms with van der Waals surface area (Å²) < 4.78 is 11.3. The van der Waals surface area contributed by atoms with Crippen molar-refractivity contribution in [1.29, 1.82) is 0 Å². The summed E-state index contributed by atoms with van der Waals surface area (Å²) in [5, 5.41) is 7.38. The molecule has 12 aromatic rings. The zero-order chi connectivity index (χ0) is 37.5. The second kappa shape index (κ2) is 12.6. The van der Waals surface area contributed by atoms with E-state index in [0.717, 1.165) is 61.3 Å². The molecule has 0 amide bonds. The lowest BCUT2D eigenvalue weighted by Gasteiger charge is -2.13. The molecule has 12 rings (SSSR count). The first-order valence-electron chi connectivity index (χ1n) is 19.3. The molecule has 0 N–H and O–H groups in total. The predicted molar refractivity (Wildman–Crippen MR) is 240 cm³/mol. The largest absolute Gasteiger partial charge is 0.456 e. The van der Waals surface area contributed by atoms with E-state index in [0.29, 0.717) is 0 Å². The summed E-state index contributed by atoms with van der Waals surface area (Å²) >= 11 is 1.89. The number of furan rings is 1. The Labute approximate surface area is 332 Å². The van der Waals surface area contributed by atoms with Crippen molar-refractivity contribution in [3.8, 4) is 50.5 Å². The zero-order valence-electron chi connectivity index (χ0n) is 30.7. The molecule has 57 heavy (non-hydrogen) atoms. The first kappa shape index (κ1) is 32.0. The molecule has 0 bridgehead atoms. The molecule has 0 spiro atoms. The van der Waals surface area contributed by atoms with Crippen molar-refractivity contribution in [1.82, 2.24) is 9.55 Å². The number of hydrogen-bond acceptors (Lipinski definition) is 3. The lowest BCUT2D eigenvalue weighted by Crippen LogP contribution is -1.96. The smallest absolute Gasteiger partial charge is 0.135 e. The van der Waals surface area contributed by atoms with Crippen LogP contribution >= 0.6 is 11.3 Å². The predicted octanol–water partition coefficient (Wildman–Crippen LogP) is 15.1. The zero-order valence-corrected chi connectivity index (χ0v) is 31.5. The molecule has 0 radical (unpaired) electrons. The van der Waals surface area contributed by atoms with Crippen LogP contribution in [0.5, 0.6) is 0 Å². The summed E-state index contributed by atoms with van der Waals surface area (Å²) in [6, 6.07) is 69.6. The van der Waals surface area contributed by atoms with Gasteiger partial charge in [-0.3, -0.25) is 0 Å². The molecule has 0 saturated heterocycles. The molecule has 0 aliphatic carbocycles.